The topological polar surface area (TPSA) is 55.3 Å². The molecule has 1 aliphatic heterocycles. The van der Waals surface area contributed by atoms with E-state index < -0.39 is 0 Å². The molecule has 144 valence electrons. The van der Waals surface area contributed by atoms with E-state index in [0.717, 1.165) is 24.9 Å². The van der Waals surface area contributed by atoms with Crippen LogP contribution in [0, 0.1) is 0 Å². The maximum Gasteiger partial charge on any atom is 0.316 e. The molecular weight excluding hydrogens is 362 g/mol. The fourth-order valence-corrected chi connectivity index (χ4v) is 3.28. The van der Waals surface area contributed by atoms with Crippen LogP contribution in [0.25, 0.3) is 0 Å². The predicted molar refractivity (Wildman–Crippen MR) is 106 cm³/mol. The Morgan fingerprint density at radius 1 is 1.22 bits per heavy atom. The van der Waals surface area contributed by atoms with Crippen LogP contribution in [0.15, 0.2) is 36.7 Å². The van der Waals surface area contributed by atoms with Gasteiger partial charge in [0.05, 0.1) is 30.4 Å². The molecule has 2 aromatic rings. The van der Waals surface area contributed by atoms with E-state index in [4.69, 9.17) is 16.3 Å². The van der Waals surface area contributed by atoms with Gasteiger partial charge in [-0.25, -0.2) is 9.97 Å². The van der Waals surface area contributed by atoms with Crippen molar-refractivity contribution in [2.45, 2.75) is 51.6 Å². The third kappa shape index (κ3) is 5.42. The van der Waals surface area contributed by atoms with Gasteiger partial charge in [-0.1, -0.05) is 56.6 Å². The Morgan fingerprint density at radius 3 is 2.52 bits per heavy atom. The summed E-state index contributed by atoms with van der Waals surface area (Å²) in [6.07, 6.45) is 5.14. The summed E-state index contributed by atoms with van der Waals surface area (Å²) in [7, 11) is 0. The van der Waals surface area contributed by atoms with Crippen LogP contribution in [0.3, 0.4) is 0 Å². The molecule has 5 nitrogen and oxygen atoms in total. The molecule has 1 unspecified atom stereocenters. The third-order valence-electron chi connectivity index (χ3n) is 4.77. The molecule has 3 rings (SSSR count). The normalized spacial score (nSPS) is 17.6. The summed E-state index contributed by atoms with van der Waals surface area (Å²) in [6.45, 7) is 7.88. The van der Waals surface area contributed by atoms with Gasteiger partial charge in [-0.3, -0.25) is 4.79 Å². The molecule has 0 saturated carbocycles. The molecule has 0 aliphatic carbocycles. The van der Waals surface area contributed by atoms with Crippen LogP contribution >= 0.6 is 11.6 Å². The average Bonchev–Trinajstić information content (AvgIpc) is 2.63. The lowest BCUT2D eigenvalue weighted by Gasteiger charge is -2.32. The van der Waals surface area contributed by atoms with Gasteiger partial charge in [-0.05, 0) is 29.4 Å². The number of ether oxygens (including phenoxy) is 1. The summed E-state index contributed by atoms with van der Waals surface area (Å²) in [6, 6.07) is 8.64. The lowest BCUT2D eigenvalue weighted by molar-refractivity contribution is -0.133. The molecule has 1 aromatic heterocycles. The predicted octanol–water partition coefficient (Wildman–Crippen LogP) is 4.04. The summed E-state index contributed by atoms with van der Waals surface area (Å²) < 4.78 is 5.82. The van der Waals surface area contributed by atoms with Crippen LogP contribution in [0.4, 0.5) is 0 Å². The van der Waals surface area contributed by atoms with E-state index >= 15 is 0 Å². The molecule has 2 heterocycles. The van der Waals surface area contributed by atoms with Gasteiger partial charge >= 0.3 is 6.01 Å². The van der Waals surface area contributed by atoms with Crippen LogP contribution in [-0.4, -0.2) is 40.0 Å². The van der Waals surface area contributed by atoms with Gasteiger partial charge in [0.1, 0.15) is 6.10 Å². The van der Waals surface area contributed by atoms with E-state index in [0.29, 0.717) is 24.0 Å². The number of hydrogen-bond acceptors (Lipinski definition) is 4. The highest BCUT2D eigenvalue weighted by atomic mass is 35.5. The SMILES string of the molecule is CC(C)(C)c1ccc(CC(=O)N2CCCC(Oc3ncc(Cl)cn3)C2)cc1. The second-order valence-corrected chi connectivity index (χ2v) is 8.47. The Labute approximate surface area is 165 Å². The summed E-state index contributed by atoms with van der Waals surface area (Å²) in [4.78, 5) is 22.7. The number of likely N-dealkylation sites (tertiary alicyclic amines) is 1. The van der Waals surface area contributed by atoms with E-state index in [2.05, 4.69) is 55.0 Å². The van der Waals surface area contributed by atoms with Gasteiger partial charge in [-0.2, -0.15) is 0 Å². The van der Waals surface area contributed by atoms with Gasteiger partial charge in [-0.15, -0.1) is 0 Å². The number of hydrogen-bond donors (Lipinski definition) is 0. The van der Waals surface area contributed by atoms with Crippen molar-refractivity contribution in [3.05, 3.63) is 52.8 Å². The van der Waals surface area contributed by atoms with Crippen molar-refractivity contribution < 1.29 is 9.53 Å². The van der Waals surface area contributed by atoms with Crippen LogP contribution in [0.1, 0.15) is 44.7 Å². The maximum atomic E-state index is 12.7. The van der Waals surface area contributed by atoms with Crippen molar-refractivity contribution in [3.8, 4) is 6.01 Å². The number of benzene rings is 1. The number of aromatic nitrogens is 2. The first-order valence-electron chi connectivity index (χ1n) is 9.32. The Balaban J connectivity index is 1.57. The minimum atomic E-state index is -0.0906. The highest BCUT2D eigenvalue weighted by Crippen LogP contribution is 2.23. The van der Waals surface area contributed by atoms with Crippen molar-refractivity contribution in [2.75, 3.05) is 13.1 Å². The molecule has 0 radical (unpaired) electrons. The Bertz CT molecular complexity index is 770. The van der Waals surface area contributed by atoms with Crippen molar-refractivity contribution in [2.24, 2.45) is 0 Å². The number of piperidine rings is 1. The Kier molecular flexibility index (Phi) is 6.00. The number of rotatable bonds is 4. The van der Waals surface area contributed by atoms with Gasteiger partial charge < -0.3 is 9.64 Å². The molecule has 1 aromatic carbocycles. The Hall–Kier alpha value is -2.14. The van der Waals surface area contributed by atoms with Crippen LogP contribution < -0.4 is 4.74 Å². The van der Waals surface area contributed by atoms with Crippen LogP contribution in [0.5, 0.6) is 6.01 Å². The van der Waals surface area contributed by atoms with E-state index in [1.165, 1.54) is 18.0 Å². The van der Waals surface area contributed by atoms with Gasteiger partial charge in [0, 0.05) is 6.54 Å². The summed E-state index contributed by atoms with van der Waals surface area (Å²) in [5.74, 6) is 0.129. The highest BCUT2D eigenvalue weighted by molar-refractivity contribution is 6.30. The minimum absolute atomic E-state index is 0.0906. The first kappa shape index (κ1) is 19.6. The molecule has 1 aliphatic rings. The standard InChI is InChI=1S/C21H26ClN3O2/c1-21(2,3)16-8-6-15(7-9-16)11-19(26)25-10-4-5-18(14-25)27-20-23-12-17(22)13-24-20/h6-9,12-13,18H,4-5,10-11,14H2,1-3H3. The number of carbonyl (C=O) groups is 1. The van der Waals surface area contributed by atoms with Crippen LogP contribution in [0.2, 0.25) is 5.02 Å². The fourth-order valence-electron chi connectivity index (χ4n) is 3.18. The van der Waals surface area contributed by atoms with Crippen molar-refractivity contribution in [1.29, 1.82) is 0 Å². The lowest BCUT2D eigenvalue weighted by atomic mass is 9.86. The summed E-state index contributed by atoms with van der Waals surface area (Å²) in [5.41, 5.74) is 2.43. The molecular formula is C21H26ClN3O2. The van der Waals surface area contributed by atoms with Crippen molar-refractivity contribution >= 4 is 17.5 Å². The quantitative estimate of drug-likeness (QED) is 0.794. The molecule has 0 N–H and O–H groups in total. The number of halogens is 1. The first-order valence-corrected chi connectivity index (χ1v) is 9.70. The van der Waals surface area contributed by atoms with E-state index in [1.807, 2.05) is 4.90 Å². The second kappa shape index (κ2) is 8.26. The zero-order valence-electron chi connectivity index (χ0n) is 16.1. The van der Waals surface area contributed by atoms with Gasteiger partial charge in [0.2, 0.25) is 5.91 Å². The fraction of sp³-hybridized carbons (Fsp3) is 0.476. The second-order valence-electron chi connectivity index (χ2n) is 8.03. The molecule has 1 atom stereocenters. The molecule has 6 heteroatoms. The van der Waals surface area contributed by atoms with E-state index in [-0.39, 0.29) is 17.4 Å². The third-order valence-corrected chi connectivity index (χ3v) is 4.97. The summed E-state index contributed by atoms with van der Waals surface area (Å²) >= 11 is 5.80. The van der Waals surface area contributed by atoms with Crippen LogP contribution in [-0.2, 0) is 16.6 Å². The number of amides is 1. The van der Waals surface area contributed by atoms with E-state index in [1.54, 1.807) is 0 Å². The largest absolute Gasteiger partial charge is 0.458 e. The van der Waals surface area contributed by atoms with Crippen molar-refractivity contribution in [3.63, 3.8) is 0 Å². The summed E-state index contributed by atoms with van der Waals surface area (Å²) in [5, 5.41) is 0.472. The molecule has 1 saturated heterocycles. The maximum absolute atomic E-state index is 12.7. The number of carbonyl (C=O) groups excluding carboxylic acids is 1. The Morgan fingerprint density at radius 2 is 1.89 bits per heavy atom. The average molecular weight is 388 g/mol. The minimum Gasteiger partial charge on any atom is -0.458 e. The molecule has 0 bridgehead atoms. The molecule has 1 amide bonds. The van der Waals surface area contributed by atoms with Gasteiger partial charge in [0.25, 0.3) is 0 Å². The number of nitrogens with zero attached hydrogens (tertiary/aromatic N) is 3. The van der Waals surface area contributed by atoms with Gasteiger partial charge in [0.15, 0.2) is 0 Å². The molecule has 0 spiro atoms. The first-order chi connectivity index (χ1) is 12.8. The smallest absolute Gasteiger partial charge is 0.316 e. The zero-order chi connectivity index (χ0) is 19.4. The molecule has 1 fully saturated rings. The van der Waals surface area contributed by atoms with Crippen molar-refractivity contribution in [1.82, 2.24) is 14.9 Å². The molecule has 27 heavy (non-hydrogen) atoms. The zero-order valence-corrected chi connectivity index (χ0v) is 16.9. The highest BCUT2D eigenvalue weighted by Gasteiger charge is 2.25. The van der Waals surface area contributed by atoms with E-state index in [9.17, 15) is 4.79 Å². The monoisotopic (exact) mass is 387 g/mol. The lowest BCUT2D eigenvalue weighted by Crippen LogP contribution is -2.45.